The molecule has 0 bridgehead atoms. The van der Waals surface area contributed by atoms with E-state index < -0.39 is 0 Å². The van der Waals surface area contributed by atoms with Crippen LogP contribution in [0.1, 0.15) is 12.5 Å². The quantitative estimate of drug-likeness (QED) is 0.822. The number of halogens is 2. The van der Waals surface area contributed by atoms with E-state index in [1.165, 1.54) is 12.1 Å². The summed E-state index contributed by atoms with van der Waals surface area (Å²) in [6.45, 7) is 4.80. The second kappa shape index (κ2) is 7.87. The van der Waals surface area contributed by atoms with Gasteiger partial charge in [0, 0.05) is 32.1 Å². The van der Waals surface area contributed by atoms with Gasteiger partial charge in [-0.25, -0.2) is 4.39 Å². The van der Waals surface area contributed by atoms with Crippen LogP contribution in [0.2, 0.25) is 5.02 Å². The van der Waals surface area contributed by atoms with Crippen molar-refractivity contribution in [1.29, 1.82) is 0 Å². The van der Waals surface area contributed by atoms with E-state index in [0.717, 1.165) is 29.4 Å². The molecule has 1 amide bonds. The van der Waals surface area contributed by atoms with Crippen LogP contribution < -0.4 is 4.90 Å². The molecule has 25 heavy (non-hydrogen) atoms. The minimum atomic E-state index is -0.259. The van der Waals surface area contributed by atoms with Crippen LogP contribution in [-0.4, -0.2) is 37.0 Å². The summed E-state index contributed by atoms with van der Waals surface area (Å²) in [7, 11) is 0. The Kier molecular flexibility index (Phi) is 5.59. The van der Waals surface area contributed by atoms with Crippen LogP contribution in [0.3, 0.4) is 0 Å². The number of para-hydroxylation sites is 1. The molecule has 0 saturated carbocycles. The van der Waals surface area contributed by atoms with Crippen molar-refractivity contribution in [3.05, 3.63) is 64.9 Å². The van der Waals surface area contributed by atoms with E-state index in [1.54, 1.807) is 6.07 Å². The lowest BCUT2D eigenvalue weighted by Gasteiger charge is -2.37. The van der Waals surface area contributed by atoms with Crippen molar-refractivity contribution in [3.8, 4) is 0 Å². The summed E-state index contributed by atoms with van der Waals surface area (Å²) >= 11 is 6.26. The van der Waals surface area contributed by atoms with Gasteiger partial charge in [0.25, 0.3) is 0 Å². The zero-order valence-corrected chi connectivity index (χ0v) is 15.0. The minimum Gasteiger partial charge on any atom is -0.367 e. The molecular weight excluding hydrogens is 339 g/mol. The first-order valence-electron chi connectivity index (χ1n) is 8.57. The zero-order valence-electron chi connectivity index (χ0n) is 14.3. The zero-order chi connectivity index (χ0) is 17.8. The van der Waals surface area contributed by atoms with Crippen LogP contribution in [0, 0.1) is 11.7 Å². The maximum absolute atomic E-state index is 13.3. The van der Waals surface area contributed by atoms with E-state index in [-0.39, 0.29) is 17.6 Å². The van der Waals surface area contributed by atoms with Gasteiger partial charge >= 0.3 is 0 Å². The Morgan fingerprint density at radius 3 is 2.52 bits per heavy atom. The van der Waals surface area contributed by atoms with Crippen LogP contribution >= 0.6 is 11.6 Å². The normalized spacial score (nSPS) is 16.0. The lowest BCUT2D eigenvalue weighted by atomic mass is 9.99. The molecule has 1 aliphatic heterocycles. The van der Waals surface area contributed by atoms with Gasteiger partial charge in [-0.15, -0.1) is 0 Å². The number of carbonyl (C=O) groups excluding carboxylic acids is 1. The van der Waals surface area contributed by atoms with Gasteiger partial charge in [0.05, 0.1) is 10.7 Å². The highest BCUT2D eigenvalue weighted by molar-refractivity contribution is 6.33. The van der Waals surface area contributed by atoms with Crippen molar-refractivity contribution in [2.24, 2.45) is 5.92 Å². The molecule has 0 N–H and O–H groups in total. The van der Waals surface area contributed by atoms with E-state index in [9.17, 15) is 9.18 Å². The summed E-state index contributed by atoms with van der Waals surface area (Å²) in [5, 5.41) is 0.738. The standard InChI is InChI=1S/C20H22ClFN2O/c1-15(13-16-5-4-6-17(22)14-16)20(25)24-11-9-23(10-12-24)19-8-3-2-7-18(19)21/h2-8,14-15H,9-13H2,1H3. The molecule has 2 aromatic rings. The van der Waals surface area contributed by atoms with Crippen molar-refractivity contribution < 1.29 is 9.18 Å². The van der Waals surface area contributed by atoms with Crippen LogP contribution in [0.25, 0.3) is 0 Å². The molecule has 0 aliphatic carbocycles. The molecule has 3 nitrogen and oxygen atoms in total. The summed E-state index contributed by atoms with van der Waals surface area (Å²) in [6, 6.07) is 14.2. The van der Waals surface area contributed by atoms with Crippen molar-refractivity contribution >= 4 is 23.2 Å². The van der Waals surface area contributed by atoms with E-state index in [1.807, 2.05) is 42.2 Å². The first-order valence-corrected chi connectivity index (χ1v) is 8.95. The van der Waals surface area contributed by atoms with Gasteiger partial charge in [-0.3, -0.25) is 4.79 Å². The molecule has 132 valence electrons. The number of amides is 1. The highest BCUT2D eigenvalue weighted by Gasteiger charge is 2.25. The molecule has 2 aromatic carbocycles. The second-order valence-electron chi connectivity index (χ2n) is 6.50. The monoisotopic (exact) mass is 360 g/mol. The molecule has 1 fully saturated rings. The van der Waals surface area contributed by atoms with Crippen molar-refractivity contribution in [2.45, 2.75) is 13.3 Å². The number of hydrogen-bond donors (Lipinski definition) is 0. The fraction of sp³-hybridized carbons (Fsp3) is 0.350. The fourth-order valence-electron chi connectivity index (χ4n) is 3.29. The average molecular weight is 361 g/mol. The second-order valence-corrected chi connectivity index (χ2v) is 6.91. The van der Waals surface area contributed by atoms with Crippen LogP contribution in [0.15, 0.2) is 48.5 Å². The molecule has 1 saturated heterocycles. The third-order valence-electron chi connectivity index (χ3n) is 4.64. The highest BCUT2D eigenvalue weighted by atomic mass is 35.5. The van der Waals surface area contributed by atoms with Gasteiger partial charge in [-0.05, 0) is 36.2 Å². The number of nitrogens with zero attached hydrogens (tertiary/aromatic N) is 2. The summed E-state index contributed by atoms with van der Waals surface area (Å²) in [5.41, 5.74) is 1.87. The van der Waals surface area contributed by atoms with E-state index in [4.69, 9.17) is 11.6 Å². The third kappa shape index (κ3) is 4.31. The summed E-state index contributed by atoms with van der Waals surface area (Å²) < 4.78 is 13.3. The molecular formula is C20H22ClFN2O. The lowest BCUT2D eigenvalue weighted by molar-refractivity contribution is -0.135. The predicted octanol–water partition coefficient (Wildman–Crippen LogP) is 4.01. The van der Waals surface area contributed by atoms with E-state index in [0.29, 0.717) is 19.5 Å². The molecule has 1 atom stereocenters. The van der Waals surface area contributed by atoms with Gasteiger partial charge in [0.15, 0.2) is 0 Å². The average Bonchev–Trinajstić information content (AvgIpc) is 2.62. The Balaban J connectivity index is 1.57. The number of benzene rings is 2. The maximum Gasteiger partial charge on any atom is 0.225 e. The molecule has 0 spiro atoms. The molecule has 3 rings (SSSR count). The summed E-state index contributed by atoms with van der Waals surface area (Å²) in [5.74, 6) is -0.290. The maximum atomic E-state index is 13.3. The molecule has 0 radical (unpaired) electrons. The summed E-state index contributed by atoms with van der Waals surface area (Å²) in [6.07, 6.45) is 0.557. The van der Waals surface area contributed by atoms with Crippen molar-refractivity contribution in [2.75, 3.05) is 31.1 Å². The number of piperazine rings is 1. The van der Waals surface area contributed by atoms with Crippen LogP contribution in [-0.2, 0) is 11.2 Å². The van der Waals surface area contributed by atoms with Gasteiger partial charge < -0.3 is 9.80 Å². The van der Waals surface area contributed by atoms with Gasteiger partial charge in [-0.2, -0.15) is 0 Å². The van der Waals surface area contributed by atoms with Gasteiger partial charge in [0.2, 0.25) is 5.91 Å². The SMILES string of the molecule is CC(Cc1cccc(F)c1)C(=O)N1CCN(c2ccccc2Cl)CC1. The van der Waals surface area contributed by atoms with Gasteiger partial charge in [0.1, 0.15) is 5.82 Å². The number of anilines is 1. The Morgan fingerprint density at radius 2 is 1.84 bits per heavy atom. The Morgan fingerprint density at radius 1 is 1.12 bits per heavy atom. The Labute approximate surface area is 153 Å². The van der Waals surface area contributed by atoms with Crippen molar-refractivity contribution in [3.63, 3.8) is 0 Å². The molecule has 1 aliphatic rings. The summed E-state index contributed by atoms with van der Waals surface area (Å²) in [4.78, 5) is 16.8. The Hall–Kier alpha value is -2.07. The smallest absolute Gasteiger partial charge is 0.225 e. The Bertz CT molecular complexity index is 744. The third-order valence-corrected chi connectivity index (χ3v) is 4.96. The molecule has 5 heteroatoms. The fourth-order valence-corrected chi connectivity index (χ4v) is 3.55. The molecule has 1 unspecified atom stereocenters. The topological polar surface area (TPSA) is 23.6 Å². The number of rotatable bonds is 4. The van der Waals surface area contributed by atoms with Crippen LogP contribution in [0.5, 0.6) is 0 Å². The molecule has 1 heterocycles. The first-order chi connectivity index (χ1) is 12.0. The first kappa shape index (κ1) is 17.7. The van der Waals surface area contributed by atoms with E-state index >= 15 is 0 Å². The highest BCUT2D eigenvalue weighted by Crippen LogP contribution is 2.26. The number of hydrogen-bond acceptors (Lipinski definition) is 2. The minimum absolute atomic E-state index is 0.128. The predicted molar refractivity (Wildman–Crippen MR) is 99.5 cm³/mol. The number of carbonyl (C=O) groups is 1. The van der Waals surface area contributed by atoms with Gasteiger partial charge in [-0.1, -0.05) is 42.8 Å². The van der Waals surface area contributed by atoms with E-state index in [2.05, 4.69) is 4.90 Å². The largest absolute Gasteiger partial charge is 0.367 e. The lowest BCUT2D eigenvalue weighted by Crippen LogP contribution is -2.50. The molecule has 0 aromatic heterocycles. The van der Waals surface area contributed by atoms with Crippen LogP contribution in [0.4, 0.5) is 10.1 Å². The van der Waals surface area contributed by atoms with Crippen molar-refractivity contribution in [1.82, 2.24) is 4.90 Å².